The molecule has 4 heteroatoms. The van der Waals surface area contributed by atoms with Gasteiger partial charge in [-0.25, -0.2) is 0 Å². The van der Waals surface area contributed by atoms with Gasteiger partial charge < -0.3 is 14.8 Å². The van der Waals surface area contributed by atoms with Crippen molar-refractivity contribution in [2.75, 3.05) is 47.6 Å². The van der Waals surface area contributed by atoms with E-state index in [1.54, 1.807) is 14.2 Å². The standard InChI is InChI=1S/C12H28N2O2/c1-11(2)13-9-12(10-16-5)14(3)7-6-8-15-4/h11-13H,6-10H2,1-5H3. The van der Waals surface area contributed by atoms with E-state index in [4.69, 9.17) is 9.47 Å². The van der Waals surface area contributed by atoms with E-state index in [2.05, 4.69) is 31.1 Å². The molecule has 0 heterocycles. The molecule has 0 aromatic heterocycles. The van der Waals surface area contributed by atoms with Gasteiger partial charge in [0.25, 0.3) is 0 Å². The zero-order chi connectivity index (χ0) is 12.4. The Morgan fingerprint density at radius 1 is 1.19 bits per heavy atom. The molecule has 1 atom stereocenters. The second-order valence-corrected chi connectivity index (χ2v) is 4.50. The van der Waals surface area contributed by atoms with E-state index in [1.165, 1.54) is 0 Å². The van der Waals surface area contributed by atoms with Gasteiger partial charge in [0.1, 0.15) is 0 Å². The highest BCUT2D eigenvalue weighted by molar-refractivity contribution is 4.72. The number of nitrogens with zero attached hydrogens (tertiary/aromatic N) is 1. The Kier molecular flexibility index (Phi) is 9.92. The van der Waals surface area contributed by atoms with Gasteiger partial charge in [-0.15, -0.1) is 0 Å². The minimum absolute atomic E-state index is 0.434. The van der Waals surface area contributed by atoms with Crippen molar-refractivity contribution in [3.05, 3.63) is 0 Å². The number of likely N-dealkylation sites (N-methyl/N-ethyl adjacent to an activating group) is 1. The van der Waals surface area contributed by atoms with Crippen LogP contribution in [0.4, 0.5) is 0 Å². The Morgan fingerprint density at radius 2 is 1.88 bits per heavy atom. The summed E-state index contributed by atoms with van der Waals surface area (Å²) >= 11 is 0. The molecule has 0 aromatic rings. The van der Waals surface area contributed by atoms with Crippen LogP contribution < -0.4 is 5.32 Å². The number of hydrogen-bond acceptors (Lipinski definition) is 4. The van der Waals surface area contributed by atoms with Crippen LogP contribution in [-0.2, 0) is 9.47 Å². The van der Waals surface area contributed by atoms with Gasteiger partial charge in [-0.3, -0.25) is 4.90 Å². The van der Waals surface area contributed by atoms with E-state index in [0.717, 1.165) is 32.7 Å². The maximum Gasteiger partial charge on any atom is 0.0630 e. The first-order valence-electron chi connectivity index (χ1n) is 6.03. The van der Waals surface area contributed by atoms with Crippen molar-refractivity contribution in [3.63, 3.8) is 0 Å². The van der Waals surface area contributed by atoms with Crippen LogP contribution in [0.15, 0.2) is 0 Å². The molecule has 0 bridgehead atoms. The molecular formula is C12H28N2O2. The summed E-state index contributed by atoms with van der Waals surface area (Å²) in [6.07, 6.45) is 1.06. The summed E-state index contributed by atoms with van der Waals surface area (Å²) in [6.45, 7) is 7.92. The first kappa shape index (κ1) is 15.8. The monoisotopic (exact) mass is 232 g/mol. The number of hydrogen-bond donors (Lipinski definition) is 1. The van der Waals surface area contributed by atoms with Gasteiger partial charge in [-0.2, -0.15) is 0 Å². The van der Waals surface area contributed by atoms with Gasteiger partial charge >= 0.3 is 0 Å². The van der Waals surface area contributed by atoms with E-state index in [1.807, 2.05) is 0 Å². The molecule has 16 heavy (non-hydrogen) atoms. The predicted octanol–water partition coefficient (Wildman–Crippen LogP) is 0.968. The van der Waals surface area contributed by atoms with Crippen LogP contribution >= 0.6 is 0 Å². The van der Waals surface area contributed by atoms with E-state index in [9.17, 15) is 0 Å². The van der Waals surface area contributed by atoms with Crippen LogP contribution in [0, 0.1) is 0 Å². The maximum absolute atomic E-state index is 5.25. The molecule has 0 fully saturated rings. The summed E-state index contributed by atoms with van der Waals surface area (Å²) in [4.78, 5) is 2.33. The summed E-state index contributed by atoms with van der Waals surface area (Å²) in [5.41, 5.74) is 0. The van der Waals surface area contributed by atoms with Crippen LogP contribution in [0.2, 0.25) is 0 Å². The molecule has 1 N–H and O–H groups in total. The lowest BCUT2D eigenvalue weighted by molar-refractivity contribution is 0.0957. The van der Waals surface area contributed by atoms with E-state index >= 15 is 0 Å². The van der Waals surface area contributed by atoms with Gasteiger partial charge in [0.05, 0.1) is 6.61 Å². The number of rotatable bonds is 10. The molecule has 98 valence electrons. The Labute approximate surface area is 100 Å². The molecule has 0 aliphatic heterocycles. The fourth-order valence-corrected chi connectivity index (χ4v) is 1.55. The smallest absolute Gasteiger partial charge is 0.0630 e. The second-order valence-electron chi connectivity index (χ2n) is 4.50. The average molecular weight is 232 g/mol. The number of nitrogens with one attached hydrogen (secondary N) is 1. The molecule has 0 aliphatic carbocycles. The fourth-order valence-electron chi connectivity index (χ4n) is 1.55. The molecule has 0 aliphatic rings. The van der Waals surface area contributed by atoms with Crippen molar-refractivity contribution in [2.24, 2.45) is 0 Å². The lowest BCUT2D eigenvalue weighted by Gasteiger charge is -2.28. The van der Waals surface area contributed by atoms with E-state index in [-0.39, 0.29) is 0 Å². The van der Waals surface area contributed by atoms with E-state index < -0.39 is 0 Å². The fraction of sp³-hybridized carbons (Fsp3) is 1.00. The van der Waals surface area contributed by atoms with Gasteiger partial charge in [-0.05, 0) is 13.5 Å². The molecule has 0 rings (SSSR count). The molecule has 0 radical (unpaired) electrons. The molecule has 0 saturated carbocycles. The normalized spacial score (nSPS) is 13.7. The molecule has 0 amide bonds. The van der Waals surface area contributed by atoms with Crippen molar-refractivity contribution >= 4 is 0 Å². The molecule has 0 spiro atoms. The highest BCUT2D eigenvalue weighted by Crippen LogP contribution is 1.99. The molecular weight excluding hydrogens is 204 g/mol. The minimum Gasteiger partial charge on any atom is -0.385 e. The third-order valence-corrected chi connectivity index (χ3v) is 2.60. The third-order valence-electron chi connectivity index (χ3n) is 2.60. The Morgan fingerprint density at radius 3 is 2.38 bits per heavy atom. The lowest BCUT2D eigenvalue weighted by atomic mass is 10.2. The van der Waals surface area contributed by atoms with Crippen molar-refractivity contribution in [2.45, 2.75) is 32.4 Å². The highest BCUT2D eigenvalue weighted by Gasteiger charge is 2.14. The Hall–Kier alpha value is -0.160. The summed E-state index contributed by atoms with van der Waals surface area (Å²) in [7, 11) is 5.64. The van der Waals surface area contributed by atoms with Crippen LogP contribution in [0.1, 0.15) is 20.3 Å². The summed E-state index contributed by atoms with van der Waals surface area (Å²) in [6, 6.07) is 0.955. The lowest BCUT2D eigenvalue weighted by Crippen LogP contribution is -2.45. The molecule has 0 aromatic carbocycles. The SMILES string of the molecule is COCCCN(C)C(CNC(C)C)COC. The molecule has 1 unspecified atom stereocenters. The second kappa shape index (κ2) is 10.0. The quantitative estimate of drug-likeness (QED) is 0.569. The van der Waals surface area contributed by atoms with Gasteiger partial charge in [0.2, 0.25) is 0 Å². The first-order chi connectivity index (χ1) is 7.61. The van der Waals surface area contributed by atoms with Crippen molar-refractivity contribution in [1.82, 2.24) is 10.2 Å². The number of methoxy groups -OCH3 is 2. The van der Waals surface area contributed by atoms with Crippen molar-refractivity contribution < 1.29 is 9.47 Å². The zero-order valence-corrected chi connectivity index (χ0v) is 11.5. The van der Waals surface area contributed by atoms with Gasteiger partial charge in [0.15, 0.2) is 0 Å². The van der Waals surface area contributed by atoms with Crippen molar-refractivity contribution in [1.29, 1.82) is 0 Å². The van der Waals surface area contributed by atoms with Crippen LogP contribution in [0.5, 0.6) is 0 Å². The molecule has 4 nitrogen and oxygen atoms in total. The summed E-state index contributed by atoms with van der Waals surface area (Å²) in [5, 5.41) is 3.45. The summed E-state index contributed by atoms with van der Waals surface area (Å²) in [5.74, 6) is 0. The summed E-state index contributed by atoms with van der Waals surface area (Å²) < 4.78 is 10.3. The van der Waals surface area contributed by atoms with Crippen molar-refractivity contribution in [3.8, 4) is 0 Å². The zero-order valence-electron chi connectivity index (χ0n) is 11.5. The van der Waals surface area contributed by atoms with Crippen LogP contribution in [0.25, 0.3) is 0 Å². The largest absolute Gasteiger partial charge is 0.385 e. The van der Waals surface area contributed by atoms with Gasteiger partial charge in [0, 0.05) is 46.0 Å². The number of ether oxygens (including phenoxy) is 2. The van der Waals surface area contributed by atoms with Crippen LogP contribution in [-0.4, -0.2) is 64.6 Å². The highest BCUT2D eigenvalue weighted by atomic mass is 16.5. The third kappa shape index (κ3) is 8.05. The topological polar surface area (TPSA) is 33.7 Å². The maximum atomic E-state index is 5.25. The Balaban J connectivity index is 3.87. The van der Waals surface area contributed by atoms with E-state index in [0.29, 0.717) is 12.1 Å². The predicted molar refractivity (Wildman–Crippen MR) is 67.9 cm³/mol. The van der Waals surface area contributed by atoms with Crippen LogP contribution in [0.3, 0.4) is 0 Å². The Bertz CT molecular complexity index is 154. The minimum atomic E-state index is 0.434. The van der Waals surface area contributed by atoms with Gasteiger partial charge in [-0.1, -0.05) is 13.8 Å². The first-order valence-corrected chi connectivity index (χ1v) is 6.03. The molecule has 0 saturated heterocycles. The average Bonchev–Trinajstić information content (AvgIpc) is 2.24.